The van der Waals surface area contributed by atoms with Crippen molar-refractivity contribution < 1.29 is 4.79 Å². The lowest BCUT2D eigenvalue weighted by Gasteiger charge is -2.08. The van der Waals surface area contributed by atoms with E-state index in [-0.39, 0.29) is 5.91 Å². The normalized spacial score (nSPS) is 10.8. The number of nitrogens with zero attached hydrogens (tertiary/aromatic N) is 2. The number of amides is 1. The van der Waals surface area contributed by atoms with Gasteiger partial charge in [0.15, 0.2) is 0 Å². The quantitative estimate of drug-likeness (QED) is 0.573. The zero-order valence-corrected chi connectivity index (χ0v) is 14.4. The number of aryl methyl sites for hydroxylation is 1. The molecule has 0 radical (unpaired) electrons. The third-order valence-corrected chi connectivity index (χ3v) is 4.98. The molecule has 0 aliphatic heterocycles. The molecule has 2 heterocycles. The van der Waals surface area contributed by atoms with E-state index in [1.165, 1.54) is 4.70 Å². The highest BCUT2D eigenvalue weighted by molar-refractivity contribution is 7.21. The summed E-state index contributed by atoms with van der Waals surface area (Å²) in [6.07, 6.45) is 1.61. The number of benzene rings is 2. The Morgan fingerprint density at radius 2 is 1.88 bits per heavy atom. The van der Waals surface area contributed by atoms with Crippen LogP contribution in [0.25, 0.3) is 20.8 Å². The number of hydrogen-bond donors (Lipinski definition) is 1. The van der Waals surface area contributed by atoms with Crippen molar-refractivity contribution >= 4 is 33.1 Å². The van der Waals surface area contributed by atoms with E-state index in [1.807, 2.05) is 43.3 Å². The molecule has 1 N–H and O–H groups in total. The maximum absolute atomic E-state index is 12.2. The molecule has 4 rings (SSSR count). The number of fused-ring (bicyclic) bond motifs is 1. The largest absolute Gasteiger partial charge is 0.321 e. The summed E-state index contributed by atoms with van der Waals surface area (Å²) in [5.41, 5.74) is 4.30. The van der Waals surface area contributed by atoms with Crippen LogP contribution < -0.4 is 5.32 Å². The standard InChI is InChI=1S/C20H15N3OS/c1-13-12-14(22-19(24)17-7-4-5-11-21-17)9-10-15(13)20-23-16-6-2-3-8-18(16)25-20/h2-12H,1H3,(H,22,24). The molecule has 0 fully saturated rings. The van der Waals surface area contributed by atoms with E-state index in [1.54, 1.807) is 35.7 Å². The van der Waals surface area contributed by atoms with Crippen molar-refractivity contribution in [3.63, 3.8) is 0 Å². The molecule has 4 nitrogen and oxygen atoms in total. The zero-order chi connectivity index (χ0) is 17.2. The fraction of sp³-hybridized carbons (Fsp3) is 0.0500. The summed E-state index contributed by atoms with van der Waals surface area (Å²) in [7, 11) is 0. The van der Waals surface area contributed by atoms with Gasteiger partial charge in [0.2, 0.25) is 0 Å². The Morgan fingerprint density at radius 1 is 1.04 bits per heavy atom. The predicted octanol–water partition coefficient (Wildman–Crippen LogP) is 4.92. The number of hydrogen-bond acceptors (Lipinski definition) is 4. The second kappa shape index (κ2) is 6.45. The lowest BCUT2D eigenvalue weighted by molar-refractivity contribution is 0.102. The van der Waals surface area contributed by atoms with Gasteiger partial charge in [0, 0.05) is 17.4 Å². The van der Waals surface area contributed by atoms with E-state index in [0.717, 1.165) is 27.3 Å². The van der Waals surface area contributed by atoms with E-state index in [4.69, 9.17) is 4.98 Å². The van der Waals surface area contributed by atoms with Gasteiger partial charge in [-0.15, -0.1) is 11.3 Å². The number of thiazole rings is 1. The Bertz CT molecular complexity index is 1020. The second-order valence-electron chi connectivity index (χ2n) is 5.69. The summed E-state index contributed by atoms with van der Waals surface area (Å²) in [6, 6.07) is 19.2. The fourth-order valence-corrected chi connectivity index (χ4v) is 3.72. The van der Waals surface area contributed by atoms with Gasteiger partial charge in [0.1, 0.15) is 10.7 Å². The van der Waals surface area contributed by atoms with Crippen LogP contribution >= 0.6 is 11.3 Å². The Morgan fingerprint density at radius 3 is 2.64 bits per heavy atom. The molecule has 5 heteroatoms. The minimum absolute atomic E-state index is 0.215. The molecule has 0 bridgehead atoms. The van der Waals surface area contributed by atoms with Gasteiger partial charge in [-0.2, -0.15) is 0 Å². The van der Waals surface area contributed by atoms with E-state index < -0.39 is 0 Å². The average molecular weight is 345 g/mol. The van der Waals surface area contributed by atoms with E-state index >= 15 is 0 Å². The summed E-state index contributed by atoms with van der Waals surface area (Å²) in [5.74, 6) is -0.215. The molecule has 4 aromatic rings. The molecule has 2 aromatic heterocycles. The molecule has 0 aliphatic carbocycles. The smallest absolute Gasteiger partial charge is 0.274 e. The van der Waals surface area contributed by atoms with E-state index in [9.17, 15) is 4.79 Å². The Hall–Kier alpha value is -3.05. The SMILES string of the molecule is Cc1cc(NC(=O)c2ccccn2)ccc1-c1nc2ccccc2s1. The first kappa shape index (κ1) is 15.5. The first-order chi connectivity index (χ1) is 12.2. The number of carbonyl (C=O) groups excluding carboxylic acids is 1. The number of nitrogens with one attached hydrogen (secondary N) is 1. The lowest BCUT2D eigenvalue weighted by Crippen LogP contribution is -2.13. The molecule has 0 unspecified atom stereocenters. The van der Waals surface area contributed by atoms with Crippen LogP contribution in [0.4, 0.5) is 5.69 Å². The van der Waals surface area contributed by atoms with Crippen LogP contribution in [0.3, 0.4) is 0 Å². The minimum atomic E-state index is -0.215. The molecule has 122 valence electrons. The molecule has 25 heavy (non-hydrogen) atoms. The second-order valence-corrected chi connectivity index (χ2v) is 6.72. The molecule has 2 aromatic carbocycles. The van der Waals surface area contributed by atoms with Gasteiger partial charge in [-0.05, 0) is 55.0 Å². The van der Waals surface area contributed by atoms with Crippen LogP contribution in [-0.2, 0) is 0 Å². The molecular formula is C20H15N3OS. The summed E-state index contributed by atoms with van der Waals surface area (Å²) in [6.45, 7) is 2.03. The fourth-order valence-electron chi connectivity index (χ4n) is 2.66. The van der Waals surface area contributed by atoms with Crippen LogP contribution in [0, 0.1) is 6.92 Å². The number of carbonyl (C=O) groups is 1. The maximum atomic E-state index is 12.2. The predicted molar refractivity (Wildman–Crippen MR) is 102 cm³/mol. The first-order valence-electron chi connectivity index (χ1n) is 7.90. The molecule has 0 aliphatic rings. The topological polar surface area (TPSA) is 54.9 Å². The Labute approximate surface area is 149 Å². The number of para-hydroxylation sites is 1. The van der Waals surface area contributed by atoms with Crippen molar-refractivity contribution in [3.8, 4) is 10.6 Å². The highest BCUT2D eigenvalue weighted by atomic mass is 32.1. The van der Waals surface area contributed by atoms with Crippen molar-refractivity contribution in [1.82, 2.24) is 9.97 Å². The van der Waals surface area contributed by atoms with Gasteiger partial charge >= 0.3 is 0 Å². The van der Waals surface area contributed by atoms with Crippen LogP contribution in [0.1, 0.15) is 16.1 Å². The van der Waals surface area contributed by atoms with Crippen molar-refractivity contribution in [3.05, 3.63) is 78.1 Å². The molecule has 0 spiro atoms. The monoisotopic (exact) mass is 345 g/mol. The molecule has 0 atom stereocenters. The number of anilines is 1. The third kappa shape index (κ3) is 3.14. The third-order valence-electron chi connectivity index (χ3n) is 3.91. The molecule has 1 amide bonds. The average Bonchev–Trinajstić information content (AvgIpc) is 3.06. The lowest BCUT2D eigenvalue weighted by atomic mass is 10.1. The van der Waals surface area contributed by atoms with Crippen LogP contribution in [0.5, 0.6) is 0 Å². The van der Waals surface area contributed by atoms with Gasteiger partial charge in [0.05, 0.1) is 10.2 Å². The summed E-state index contributed by atoms with van der Waals surface area (Å²) in [5, 5.41) is 3.87. The first-order valence-corrected chi connectivity index (χ1v) is 8.71. The zero-order valence-electron chi connectivity index (χ0n) is 13.6. The molecule has 0 saturated heterocycles. The van der Waals surface area contributed by atoms with Crippen LogP contribution in [-0.4, -0.2) is 15.9 Å². The summed E-state index contributed by atoms with van der Waals surface area (Å²) >= 11 is 1.67. The van der Waals surface area contributed by atoms with Crippen LogP contribution in [0.2, 0.25) is 0 Å². The summed E-state index contributed by atoms with van der Waals surface area (Å²) < 4.78 is 1.17. The Kier molecular flexibility index (Phi) is 3.99. The highest BCUT2D eigenvalue weighted by Crippen LogP contribution is 2.33. The maximum Gasteiger partial charge on any atom is 0.274 e. The Balaban J connectivity index is 1.61. The van der Waals surface area contributed by atoms with Gasteiger partial charge in [0.25, 0.3) is 5.91 Å². The minimum Gasteiger partial charge on any atom is -0.321 e. The van der Waals surface area contributed by atoms with Crippen molar-refractivity contribution in [2.75, 3.05) is 5.32 Å². The van der Waals surface area contributed by atoms with E-state index in [2.05, 4.69) is 16.4 Å². The van der Waals surface area contributed by atoms with Gasteiger partial charge in [-0.3, -0.25) is 9.78 Å². The number of rotatable bonds is 3. The summed E-state index contributed by atoms with van der Waals surface area (Å²) in [4.78, 5) is 21.0. The number of aromatic nitrogens is 2. The van der Waals surface area contributed by atoms with Gasteiger partial charge in [-0.1, -0.05) is 18.2 Å². The molecular weight excluding hydrogens is 330 g/mol. The van der Waals surface area contributed by atoms with Crippen molar-refractivity contribution in [1.29, 1.82) is 0 Å². The van der Waals surface area contributed by atoms with Crippen molar-refractivity contribution in [2.45, 2.75) is 6.92 Å². The van der Waals surface area contributed by atoms with Gasteiger partial charge < -0.3 is 5.32 Å². The van der Waals surface area contributed by atoms with Crippen molar-refractivity contribution in [2.24, 2.45) is 0 Å². The highest BCUT2D eigenvalue weighted by Gasteiger charge is 2.11. The van der Waals surface area contributed by atoms with Gasteiger partial charge in [-0.25, -0.2) is 4.98 Å². The van der Waals surface area contributed by atoms with Crippen LogP contribution in [0.15, 0.2) is 66.9 Å². The number of pyridine rings is 1. The molecule has 0 saturated carbocycles. The van der Waals surface area contributed by atoms with E-state index in [0.29, 0.717) is 5.69 Å².